The van der Waals surface area contributed by atoms with E-state index in [-0.39, 0.29) is 23.8 Å². The number of amides is 2. The molecule has 0 saturated heterocycles. The number of hydrogen-bond acceptors (Lipinski definition) is 6. The lowest BCUT2D eigenvalue weighted by molar-refractivity contribution is -0.128. The summed E-state index contributed by atoms with van der Waals surface area (Å²) in [6.07, 6.45) is 1.49. The summed E-state index contributed by atoms with van der Waals surface area (Å²) in [5.41, 5.74) is 5.51. The summed E-state index contributed by atoms with van der Waals surface area (Å²) in [6, 6.07) is -0.968. The van der Waals surface area contributed by atoms with Crippen LogP contribution >= 0.6 is 11.3 Å². The Morgan fingerprint density at radius 3 is 2.40 bits per heavy atom. The molecule has 112 valence electrons. The van der Waals surface area contributed by atoms with E-state index in [1.54, 1.807) is 14.0 Å². The zero-order chi connectivity index (χ0) is 15.3. The fraction of sp³-hybridized carbons (Fsp3) is 0.583. The standard InChI is InChI=1S/C12H21N5O2S/c1-6(2)9(17-10(18)7(3)14-4)11(19)16-8-5-15-12(13)20-8/h5-7,9,14H,1-4H3,(H2,13,15)(H,16,19)(H,17,18)/t7-,9-/m0/s1. The summed E-state index contributed by atoms with van der Waals surface area (Å²) >= 11 is 1.18. The van der Waals surface area contributed by atoms with Crippen molar-refractivity contribution < 1.29 is 9.59 Å². The van der Waals surface area contributed by atoms with E-state index < -0.39 is 6.04 Å². The van der Waals surface area contributed by atoms with Gasteiger partial charge in [0.25, 0.3) is 0 Å². The minimum absolute atomic E-state index is 0.0340. The van der Waals surface area contributed by atoms with Gasteiger partial charge in [-0.25, -0.2) is 4.98 Å². The second-order valence-electron chi connectivity index (χ2n) is 4.79. The van der Waals surface area contributed by atoms with Crippen molar-refractivity contribution in [1.29, 1.82) is 0 Å². The maximum Gasteiger partial charge on any atom is 0.247 e. The van der Waals surface area contributed by atoms with Crippen LogP contribution in [-0.2, 0) is 9.59 Å². The third-order valence-corrected chi connectivity index (χ3v) is 3.59. The van der Waals surface area contributed by atoms with Crippen molar-refractivity contribution in [2.75, 3.05) is 18.1 Å². The lowest BCUT2D eigenvalue weighted by atomic mass is 10.0. The zero-order valence-electron chi connectivity index (χ0n) is 12.1. The van der Waals surface area contributed by atoms with E-state index >= 15 is 0 Å². The first-order valence-electron chi connectivity index (χ1n) is 6.35. The van der Waals surface area contributed by atoms with Crippen LogP contribution in [0.15, 0.2) is 6.20 Å². The second kappa shape index (κ2) is 7.20. The molecule has 2 atom stereocenters. The molecule has 8 heteroatoms. The summed E-state index contributed by atoms with van der Waals surface area (Å²) in [5.74, 6) is -0.529. The average molecular weight is 299 g/mol. The van der Waals surface area contributed by atoms with Crippen LogP contribution < -0.4 is 21.7 Å². The molecule has 5 N–H and O–H groups in total. The predicted molar refractivity (Wildman–Crippen MR) is 80.4 cm³/mol. The molecule has 0 fully saturated rings. The van der Waals surface area contributed by atoms with Crippen LogP contribution in [-0.4, -0.2) is 35.9 Å². The number of nitrogen functional groups attached to an aromatic ring is 1. The van der Waals surface area contributed by atoms with Gasteiger partial charge >= 0.3 is 0 Å². The van der Waals surface area contributed by atoms with E-state index in [1.807, 2.05) is 13.8 Å². The number of nitrogens with two attached hydrogens (primary N) is 1. The van der Waals surface area contributed by atoms with E-state index in [4.69, 9.17) is 5.73 Å². The molecule has 2 amide bonds. The van der Waals surface area contributed by atoms with E-state index in [9.17, 15) is 9.59 Å². The van der Waals surface area contributed by atoms with Crippen molar-refractivity contribution >= 4 is 33.3 Å². The number of nitrogens with one attached hydrogen (secondary N) is 3. The van der Waals surface area contributed by atoms with Gasteiger partial charge < -0.3 is 21.7 Å². The lowest BCUT2D eigenvalue weighted by Gasteiger charge is -2.23. The molecule has 20 heavy (non-hydrogen) atoms. The van der Waals surface area contributed by atoms with Gasteiger partial charge in [0.2, 0.25) is 11.8 Å². The number of rotatable bonds is 6. The number of aromatic nitrogens is 1. The molecular formula is C12H21N5O2S. The van der Waals surface area contributed by atoms with Crippen LogP contribution in [0.1, 0.15) is 20.8 Å². The molecule has 7 nitrogen and oxygen atoms in total. The SMILES string of the molecule is CN[C@@H](C)C(=O)N[C@H](C(=O)Nc1cnc(N)s1)C(C)C. The van der Waals surface area contributed by atoms with Gasteiger partial charge in [-0.1, -0.05) is 25.2 Å². The van der Waals surface area contributed by atoms with Crippen LogP contribution in [0.5, 0.6) is 0 Å². The maximum absolute atomic E-state index is 12.2. The van der Waals surface area contributed by atoms with Crippen LogP contribution in [0.4, 0.5) is 10.1 Å². The highest BCUT2D eigenvalue weighted by molar-refractivity contribution is 7.19. The molecule has 0 aliphatic rings. The van der Waals surface area contributed by atoms with E-state index in [0.29, 0.717) is 10.1 Å². The average Bonchev–Trinajstić information content (AvgIpc) is 2.79. The topological polar surface area (TPSA) is 109 Å². The van der Waals surface area contributed by atoms with Crippen molar-refractivity contribution in [3.05, 3.63) is 6.20 Å². The van der Waals surface area contributed by atoms with Crippen molar-refractivity contribution in [2.45, 2.75) is 32.9 Å². The minimum atomic E-state index is -0.610. The summed E-state index contributed by atoms with van der Waals surface area (Å²) in [4.78, 5) is 27.9. The molecule has 0 spiro atoms. The second-order valence-corrected chi connectivity index (χ2v) is 5.85. The molecule has 0 aliphatic carbocycles. The fourth-order valence-electron chi connectivity index (χ4n) is 1.49. The Morgan fingerprint density at radius 1 is 1.30 bits per heavy atom. The first-order valence-corrected chi connectivity index (χ1v) is 7.16. The van der Waals surface area contributed by atoms with Crippen LogP contribution in [0.3, 0.4) is 0 Å². The van der Waals surface area contributed by atoms with Crippen molar-refractivity contribution in [3.63, 3.8) is 0 Å². The molecule has 0 saturated carbocycles. The Labute approximate surface area is 122 Å². The molecule has 0 aliphatic heterocycles. The van der Waals surface area contributed by atoms with Gasteiger partial charge in [-0.3, -0.25) is 9.59 Å². The third-order valence-electron chi connectivity index (χ3n) is 2.84. The largest absolute Gasteiger partial charge is 0.375 e. The molecule has 0 radical (unpaired) electrons. The zero-order valence-corrected chi connectivity index (χ0v) is 12.9. The Hall–Kier alpha value is -1.67. The minimum Gasteiger partial charge on any atom is -0.375 e. The van der Waals surface area contributed by atoms with Gasteiger partial charge in [-0.15, -0.1) is 0 Å². The summed E-state index contributed by atoms with van der Waals surface area (Å²) in [5, 5.41) is 9.22. The van der Waals surface area contributed by atoms with Gasteiger partial charge in [0.15, 0.2) is 5.13 Å². The number of carbonyl (C=O) groups excluding carboxylic acids is 2. The number of hydrogen-bond donors (Lipinski definition) is 4. The Morgan fingerprint density at radius 2 is 1.95 bits per heavy atom. The molecule has 1 aromatic heterocycles. The summed E-state index contributed by atoms with van der Waals surface area (Å²) in [6.45, 7) is 5.47. The van der Waals surface area contributed by atoms with Crippen molar-refractivity contribution in [3.8, 4) is 0 Å². The molecule has 1 aromatic rings. The molecule has 0 bridgehead atoms. The van der Waals surface area contributed by atoms with E-state index in [0.717, 1.165) is 0 Å². The monoisotopic (exact) mass is 299 g/mol. The number of anilines is 2. The molecular weight excluding hydrogens is 278 g/mol. The third kappa shape index (κ3) is 4.46. The van der Waals surface area contributed by atoms with E-state index in [2.05, 4.69) is 20.9 Å². The predicted octanol–water partition coefficient (Wildman–Crippen LogP) is 0.412. The fourth-order valence-corrected chi connectivity index (χ4v) is 2.08. The molecule has 0 unspecified atom stereocenters. The van der Waals surface area contributed by atoms with E-state index in [1.165, 1.54) is 17.5 Å². The highest BCUT2D eigenvalue weighted by Crippen LogP contribution is 2.20. The smallest absolute Gasteiger partial charge is 0.247 e. The van der Waals surface area contributed by atoms with Crippen LogP contribution in [0.2, 0.25) is 0 Å². The number of nitrogens with zero attached hydrogens (tertiary/aromatic N) is 1. The number of carbonyl (C=O) groups is 2. The van der Waals surface area contributed by atoms with Gasteiger partial charge in [0.05, 0.1) is 12.2 Å². The summed E-state index contributed by atoms with van der Waals surface area (Å²) in [7, 11) is 1.69. The quantitative estimate of drug-likeness (QED) is 0.608. The Kier molecular flexibility index (Phi) is 5.90. The first-order chi connectivity index (χ1) is 9.35. The van der Waals surface area contributed by atoms with Gasteiger partial charge in [0, 0.05) is 0 Å². The normalized spacial score (nSPS) is 13.8. The van der Waals surface area contributed by atoms with Gasteiger partial charge in [-0.2, -0.15) is 0 Å². The summed E-state index contributed by atoms with van der Waals surface area (Å²) < 4.78 is 0. The first kappa shape index (κ1) is 16.4. The maximum atomic E-state index is 12.2. The van der Waals surface area contributed by atoms with Gasteiger partial charge in [-0.05, 0) is 19.9 Å². The van der Waals surface area contributed by atoms with Crippen molar-refractivity contribution in [2.24, 2.45) is 5.92 Å². The highest BCUT2D eigenvalue weighted by Gasteiger charge is 2.26. The van der Waals surface area contributed by atoms with Gasteiger partial charge in [0.1, 0.15) is 11.0 Å². The molecule has 0 aromatic carbocycles. The number of likely N-dealkylation sites (N-methyl/N-ethyl adjacent to an activating group) is 1. The van der Waals surface area contributed by atoms with Crippen LogP contribution in [0.25, 0.3) is 0 Å². The Bertz CT molecular complexity index is 474. The Balaban J connectivity index is 2.70. The lowest BCUT2D eigenvalue weighted by Crippen LogP contribution is -2.51. The molecule has 1 rings (SSSR count). The number of thiazole rings is 1. The van der Waals surface area contributed by atoms with Crippen LogP contribution in [0, 0.1) is 5.92 Å². The van der Waals surface area contributed by atoms with Crippen molar-refractivity contribution in [1.82, 2.24) is 15.6 Å². The highest BCUT2D eigenvalue weighted by atomic mass is 32.1. The molecule has 1 heterocycles.